The van der Waals surface area contributed by atoms with Crippen LogP contribution in [0.1, 0.15) is 72.0 Å². The fourth-order valence-electron chi connectivity index (χ4n) is 4.08. The van der Waals surface area contributed by atoms with Crippen LogP contribution in [-0.2, 0) is 16.0 Å². The standard InChI is InChI=1S/C27H31N5O2S/c1-16-17(2)35-26-23(16)24(20-12-10-19(11-13-20)9-7-8-14-28)29-21(15-22(33)34-27(4,5)6)25-31-30-18(3)32(25)26/h10-13,21H,9,14-15,28H2,1-6H3/t21-/m0/s1. The number of benzene rings is 1. The van der Waals surface area contributed by atoms with Crippen molar-refractivity contribution < 1.29 is 9.53 Å². The molecule has 3 aromatic rings. The number of carbonyl (C=O) groups is 1. The van der Waals surface area contributed by atoms with Gasteiger partial charge in [-0.25, -0.2) is 0 Å². The third kappa shape index (κ3) is 5.21. The van der Waals surface area contributed by atoms with Gasteiger partial charge in [0.25, 0.3) is 0 Å². The molecule has 0 aliphatic carbocycles. The van der Waals surface area contributed by atoms with Crippen LogP contribution in [0.15, 0.2) is 29.3 Å². The summed E-state index contributed by atoms with van der Waals surface area (Å²) in [5, 5.41) is 9.81. The van der Waals surface area contributed by atoms with Crippen molar-refractivity contribution in [3.05, 3.63) is 63.0 Å². The minimum atomic E-state index is -0.577. The first-order valence-corrected chi connectivity index (χ1v) is 12.5. The molecule has 182 valence electrons. The van der Waals surface area contributed by atoms with Gasteiger partial charge in [-0.15, -0.1) is 21.5 Å². The van der Waals surface area contributed by atoms with E-state index in [0.29, 0.717) is 18.8 Å². The number of aliphatic imine (C=N–C) groups is 1. The molecule has 0 amide bonds. The second kappa shape index (κ2) is 9.76. The van der Waals surface area contributed by atoms with Crippen LogP contribution in [0.4, 0.5) is 0 Å². The summed E-state index contributed by atoms with van der Waals surface area (Å²) < 4.78 is 7.67. The number of aromatic nitrogens is 3. The predicted octanol–water partition coefficient (Wildman–Crippen LogP) is 4.38. The number of hydrogen-bond donors (Lipinski definition) is 1. The summed E-state index contributed by atoms with van der Waals surface area (Å²) in [5.41, 5.74) is 10.1. The maximum Gasteiger partial charge on any atom is 0.308 e. The van der Waals surface area contributed by atoms with Crippen LogP contribution >= 0.6 is 11.3 Å². The van der Waals surface area contributed by atoms with Gasteiger partial charge < -0.3 is 10.5 Å². The zero-order valence-corrected chi connectivity index (χ0v) is 21.9. The second-order valence-corrected chi connectivity index (χ2v) is 10.8. The van der Waals surface area contributed by atoms with Crippen molar-refractivity contribution >= 4 is 23.0 Å². The number of nitrogens with two attached hydrogens (primary N) is 1. The third-order valence-electron chi connectivity index (χ3n) is 5.77. The molecule has 0 spiro atoms. The number of carbonyl (C=O) groups excluding carboxylic acids is 1. The number of esters is 1. The van der Waals surface area contributed by atoms with E-state index >= 15 is 0 Å². The topological polar surface area (TPSA) is 95.4 Å². The van der Waals surface area contributed by atoms with Crippen LogP contribution < -0.4 is 5.73 Å². The van der Waals surface area contributed by atoms with Crippen LogP contribution in [-0.4, -0.2) is 38.6 Å². The van der Waals surface area contributed by atoms with Crippen molar-refractivity contribution in [3.63, 3.8) is 0 Å². The van der Waals surface area contributed by atoms with Gasteiger partial charge in [0.1, 0.15) is 22.5 Å². The summed E-state index contributed by atoms with van der Waals surface area (Å²) in [5.74, 6) is 7.08. The van der Waals surface area contributed by atoms with Gasteiger partial charge in [-0.05, 0) is 52.7 Å². The van der Waals surface area contributed by atoms with Gasteiger partial charge in [-0.1, -0.05) is 36.1 Å². The van der Waals surface area contributed by atoms with Crippen LogP contribution in [0.25, 0.3) is 5.00 Å². The van der Waals surface area contributed by atoms with Gasteiger partial charge in [0, 0.05) is 22.4 Å². The number of fused-ring (bicyclic) bond motifs is 3. The van der Waals surface area contributed by atoms with E-state index in [2.05, 4.69) is 60.2 Å². The maximum absolute atomic E-state index is 12.8. The van der Waals surface area contributed by atoms with Gasteiger partial charge in [-0.2, -0.15) is 0 Å². The van der Waals surface area contributed by atoms with E-state index in [0.717, 1.165) is 33.2 Å². The molecular weight excluding hydrogens is 458 g/mol. The Hall–Kier alpha value is -3.28. The monoisotopic (exact) mass is 489 g/mol. The molecule has 1 aliphatic rings. The van der Waals surface area contributed by atoms with Crippen molar-refractivity contribution in [2.24, 2.45) is 10.7 Å². The summed E-state index contributed by atoms with van der Waals surface area (Å²) in [6, 6.07) is 7.75. The Bertz CT molecular complexity index is 1350. The Morgan fingerprint density at radius 1 is 1.14 bits per heavy atom. The normalized spacial score (nSPS) is 14.8. The summed E-state index contributed by atoms with van der Waals surface area (Å²) in [7, 11) is 0. The number of thiophene rings is 1. The number of hydrogen-bond acceptors (Lipinski definition) is 7. The largest absolute Gasteiger partial charge is 0.460 e. The molecule has 0 saturated carbocycles. The lowest BCUT2D eigenvalue weighted by atomic mass is 9.98. The molecule has 0 unspecified atom stereocenters. The molecule has 0 radical (unpaired) electrons. The van der Waals surface area contributed by atoms with E-state index in [4.69, 9.17) is 15.5 Å². The average Bonchev–Trinajstić information content (AvgIpc) is 3.25. The lowest BCUT2D eigenvalue weighted by Gasteiger charge is -2.21. The Morgan fingerprint density at radius 3 is 2.51 bits per heavy atom. The van der Waals surface area contributed by atoms with E-state index in [1.54, 1.807) is 11.3 Å². The smallest absolute Gasteiger partial charge is 0.308 e. The Balaban J connectivity index is 1.83. The summed E-state index contributed by atoms with van der Waals surface area (Å²) in [6.07, 6.45) is 0.728. The number of rotatable bonds is 4. The summed E-state index contributed by atoms with van der Waals surface area (Å²) in [6.45, 7) is 12.1. The lowest BCUT2D eigenvalue weighted by molar-refractivity contribution is -0.155. The third-order valence-corrected chi connectivity index (χ3v) is 6.96. The first kappa shape index (κ1) is 24.8. The zero-order chi connectivity index (χ0) is 25.3. The second-order valence-electron chi connectivity index (χ2n) is 9.62. The van der Waals surface area contributed by atoms with Crippen molar-refractivity contribution in [2.75, 3.05) is 6.54 Å². The summed E-state index contributed by atoms with van der Waals surface area (Å²) in [4.78, 5) is 19.2. The molecule has 0 saturated heterocycles. The Labute approximate surface area is 210 Å². The zero-order valence-electron chi connectivity index (χ0n) is 21.1. The van der Waals surface area contributed by atoms with Crippen molar-refractivity contribution in [1.29, 1.82) is 0 Å². The van der Waals surface area contributed by atoms with Crippen molar-refractivity contribution in [3.8, 4) is 16.8 Å². The lowest BCUT2D eigenvalue weighted by Crippen LogP contribution is -2.25. The molecule has 1 aliphatic heterocycles. The van der Waals surface area contributed by atoms with E-state index in [1.165, 1.54) is 10.4 Å². The molecule has 3 heterocycles. The number of nitrogens with zero attached hydrogens (tertiary/aromatic N) is 4. The SMILES string of the molecule is Cc1sc2c(c1C)C(c1ccc(CC#CCN)cc1)=N[C@@H](CC(=O)OC(C)(C)C)c1nnc(C)n1-2. The number of aryl methyl sites for hydroxylation is 2. The van der Waals surface area contributed by atoms with Gasteiger partial charge in [0.15, 0.2) is 5.82 Å². The minimum absolute atomic E-state index is 0.0820. The van der Waals surface area contributed by atoms with Crippen LogP contribution in [0, 0.1) is 32.6 Å². The molecule has 2 aromatic heterocycles. The highest BCUT2D eigenvalue weighted by Crippen LogP contribution is 2.39. The van der Waals surface area contributed by atoms with Gasteiger partial charge in [-0.3, -0.25) is 14.4 Å². The highest BCUT2D eigenvalue weighted by molar-refractivity contribution is 7.15. The van der Waals surface area contributed by atoms with Crippen molar-refractivity contribution in [1.82, 2.24) is 14.8 Å². The fraction of sp³-hybridized carbons (Fsp3) is 0.407. The molecule has 4 rings (SSSR count). The first-order valence-electron chi connectivity index (χ1n) is 11.7. The van der Waals surface area contributed by atoms with Gasteiger partial charge in [0.05, 0.1) is 18.7 Å². The molecule has 0 bridgehead atoms. The highest BCUT2D eigenvalue weighted by atomic mass is 32.1. The molecule has 1 atom stereocenters. The molecule has 1 aromatic carbocycles. The average molecular weight is 490 g/mol. The predicted molar refractivity (Wildman–Crippen MR) is 139 cm³/mol. The van der Waals surface area contributed by atoms with Crippen LogP contribution in [0.2, 0.25) is 0 Å². The first-order chi connectivity index (χ1) is 16.6. The minimum Gasteiger partial charge on any atom is -0.460 e. The Morgan fingerprint density at radius 2 is 1.86 bits per heavy atom. The molecule has 7 nitrogen and oxygen atoms in total. The molecule has 0 fully saturated rings. The molecule has 8 heteroatoms. The fourth-order valence-corrected chi connectivity index (χ4v) is 5.30. The molecule has 2 N–H and O–H groups in total. The van der Waals surface area contributed by atoms with E-state index < -0.39 is 11.6 Å². The Kier molecular flexibility index (Phi) is 6.93. The maximum atomic E-state index is 12.8. The van der Waals surface area contributed by atoms with E-state index in [-0.39, 0.29) is 12.4 Å². The van der Waals surface area contributed by atoms with Gasteiger partial charge >= 0.3 is 5.97 Å². The van der Waals surface area contributed by atoms with E-state index in [1.807, 2.05) is 32.3 Å². The quantitative estimate of drug-likeness (QED) is 0.433. The van der Waals surface area contributed by atoms with Gasteiger partial charge in [0.2, 0.25) is 0 Å². The summed E-state index contributed by atoms with van der Waals surface area (Å²) >= 11 is 1.69. The van der Waals surface area contributed by atoms with Crippen LogP contribution in [0.5, 0.6) is 0 Å². The molecule has 35 heavy (non-hydrogen) atoms. The van der Waals surface area contributed by atoms with E-state index in [9.17, 15) is 4.79 Å². The van der Waals surface area contributed by atoms with Crippen LogP contribution in [0.3, 0.4) is 0 Å². The molecular formula is C27H31N5O2S. The number of ether oxygens (including phenoxy) is 1. The van der Waals surface area contributed by atoms with Crippen molar-refractivity contribution in [2.45, 2.75) is 66.0 Å². The highest BCUT2D eigenvalue weighted by Gasteiger charge is 2.33.